The first kappa shape index (κ1) is 22.8. The Kier molecular flexibility index (Phi) is 6.67. The summed E-state index contributed by atoms with van der Waals surface area (Å²) in [6, 6.07) is 16.1. The van der Waals surface area contributed by atoms with Crippen molar-refractivity contribution in [3.8, 4) is 0 Å². The Morgan fingerprint density at radius 3 is 2.48 bits per heavy atom. The van der Waals surface area contributed by atoms with Crippen LogP contribution in [0.25, 0.3) is 0 Å². The highest BCUT2D eigenvalue weighted by molar-refractivity contribution is 7.89. The largest absolute Gasteiger partial charge is 0.468 e. The number of nitrogens with one attached hydrogen (secondary N) is 2. The molecular weight excluding hydrogens is 412 g/mol. The second-order valence-corrected chi connectivity index (χ2v) is 10.1. The molecule has 0 spiro atoms. The van der Waals surface area contributed by atoms with Gasteiger partial charge in [0.05, 0.1) is 17.7 Å². The molecule has 0 unspecified atom stereocenters. The first-order chi connectivity index (χ1) is 14.6. The molecule has 2 aromatic carbocycles. The molecule has 6 nitrogen and oxygen atoms in total. The van der Waals surface area contributed by atoms with Crippen molar-refractivity contribution in [1.82, 2.24) is 10.0 Å². The molecule has 7 heteroatoms. The SMILES string of the molecule is Cc1cccc(C(C)(C)CNC(=O)c2cc(S(=O)(=O)NCc3ccco3)ccc2C)c1. The van der Waals surface area contributed by atoms with Crippen molar-refractivity contribution < 1.29 is 17.6 Å². The van der Waals surface area contributed by atoms with E-state index >= 15 is 0 Å². The topological polar surface area (TPSA) is 88.4 Å². The van der Waals surface area contributed by atoms with E-state index in [2.05, 4.69) is 30.0 Å². The summed E-state index contributed by atoms with van der Waals surface area (Å²) in [4.78, 5) is 12.9. The highest BCUT2D eigenvalue weighted by Gasteiger charge is 2.23. The summed E-state index contributed by atoms with van der Waals surface area (Å²) in [5, 5.41) is 2.96. The zero-order valence-electron chi connectivity index (χ0n) is 18.2. The second kappa shape index (κ2) is 9.08. The minimum atomic E-state index is -3.79. The summed E-state index contributed by atoms with van der Waals surface area (Å²) in [5.74, 6) is 0.202. The maximum Gasteiger partial charge on any atom is 0.251 e. The molecule has 0 aliphatic rings. The van der Waals surface area contributed by atoms with Crippen LogP contribution in [-0.2, 0) is 22.0 Å². The monoisotopic (exact) mass is 440 g/mol. The van der Waals surface area contributed by atoms with E-state index in [0.717, 1.165) is 11.1 Å². The molecule has 164 valence electrons. The molecule has 0 saturated heterocycles. The fraction of sp³-hybridized carbons (Fsp3) is 0.292. The summed E-state index contributed by atoms with van der Waals surface area (Å²) in [6.45, 7) is 8.40. The Labute approximate surface area is 183 Å². The van der Waals surface area contributed by atoms with Crippen molar-refractivity contribution >= 4 is 15.9 Å². The van der Waals surface area contributed by atoms with Crippen LogP contribution in [0.1, 0.15) is 46.7 Å². The number of sulfonamides is 1. The third-order valence-electron chi connectivity index (χ3n) is 5.27. The van der Waals surface area contributed by atoms with Crippen molar-refractivity contribution in [3.05, 3.63) is 88.9 Å². The van der Waals surface area contributed by atoms with Gasteiger partial charge in [-0.25, -0.2) is 13.1 Å². The lowest BCUT2D eigenvalue weighted by Gasteiger charge is -2.26. The minimum Gasteiger partial charge on any atom is -0.468 e. The molecule has 1 aromatic heterocycles. The number of hydrogen-bond donors (Lipinski definition) is 2. The molecule has 3 aromatic rings. The molecule has 3 rings (SSSR count). The van der Waals surface area contributed by atoms with Crippen molar-refractivity contribution in [2.24, 2.45) is 0 Å². The predicted octanol–water partition coefficient (Wildman–Crippen LogP) is 4.08. The van der Waals surface area contributed by atoms with Gasteiger partial charge in [-0.2, -0.15) is 0 Å². The fourth-order valence-electron chi connectivity index (χ4n) is 3.24. The third-order valence-corrected chi connectivity index (χ3v) is 6.67. The standard InChI is InChI=1S/C24H28N2O4S/c1-17-7-5-8-19(13-17)24(3,4)16-25-23(27)22-14-21(11-10-18(22)2)31(28,29)26-15-20-9-6-12-30-20/h5-14,26H,15-16H2,1-4H3,(H,25,27). The first-order valence-corrected chi connectivity index (χ1v) is 11.5. The van der Waals surface area contributed by atoms with Crippen LogP contribution in [0.5, 0.6) is 0 Å². The number of furan rings is 1. The predicted molar refractivity (Wildman–Crippen MR) is 120 cm³/mol. The van der Waals surface area contributed by atoms with Crippen molar-refractivity contribution in [3.63, 3.8) is 0 Å². The van der Waals surface area contributed by atoms with E-state index in [0.29, 0.717) is 23.4 Å². The number of hydrogen-bond acceptors (Lipinski definition) is 4. The van der Waals surface area contributed by atoms with Gasteiger partial charge in [-0.1, -0.05) is 49.7 Å². The zero-order chi connectivity index (χ0) is 22.6. The maximum absolute atomic E-state index is 12.9. The smallest absolute Gasteiger partial charge is 0.251 e. The van der Waals surface area contributed by atoms with Gasteiger partial charge in [0.15, 0.2) is 0 Å². The highest BCUT2D eigenvalue weighted by Crippen LogP contribution is 2.23. The quantitative estimate of drug-likeness (QED) is 0.552. The van der Waals surface area contributed by atoms with E-state index in [-0.39, 0.29) is 22.8 Å². The Hall–Kier alpha value is -2.90. The van der Waals surface area contributed by atoms with Gasteiger partial charge in [0.25, 0.3) is 5.91 Å². The van der Waals surface area contributed by atoms with E-state index in [4.69, 9.17) is 4.42 Å². The summed E-state index contributed by atoms with van der Waals surface area (Å²) in [5.41, 5.74) is 3.05. The van der Waals surface area contributed by atoms with E-state index in [9.17, 15) is 13.2 Å². The molecule has 0 aliphatic heterocycles. The van der Waals surface area contributed by atoms with Gasteiger partial charge in [0.1, 0.15) is 5.76 Å². The highest BCUT2D eigenvalue weighted by atomic mass is 32.2. The molecule has 0 aliphatic carbocycles. The molecule has 0 atom stereocenters. The summed E-state index contributed by atoms with van der Waals surface area (Å²) < 4.78 is 33.0. The number of carbonyl (C=O) groups is 1. The van der Waals surface area contributed by atoms with Crippen LogP contribution < -0.4 is 10.0 Å². The molecule has 0 fully saturated rings. The third kappa shape index (κ3) is 5.62. The minimum absolute atomic E-state index is 0.0350. The van der Waals surface area contributed by atoms with E-state index in [1.807, 2.05) is 25.1 Å². The Bertz CT molecular complexity index is 1170. The number of benzene rings is 2. The normalized spacial score (nSPS) is 12.0. The zero-order valence-corrected chi connectivity index (χ0v) is 19.0. The summed E-state index contributed by atoms with van der Waals surface area (Å²) >= 11 is 0. The van der Waals surface area contributed by atoms with Crippen LogP contribution in [0.2, 0.25) is 0 Å². The lowest BCUT2D eigenvalue weighted by molar-refractivity contribution is 0.0945. The van der Waals surface area contributed by atoms with Crippen LogP contribution in [0.15, 0.2) is 70.2 Å². The van der Waals surface area contributed by atoms with Gasteiger partial charge in [-0.3, -0.25) is 4.79 Å². The number of amides is 1. The van der Waals surface area contributed by atoms with E-state index in [1.54, 1.807) is 25.1 Å². The lowest BCUT2D eigenvalue weighted by Crippen LogP contribution is -2.37. The molecule has 31 heavy (non-hydrogen) atoms. The lowest BCUT2D eigenvalue weighted by atomic mass is 9.84. The molecule has 0 saturated carbocycles. The molecule has 0 bridgehead atoms. The van der Waals surface area contributed by atoms with Crippen molar-refractivity contribution in [2.75, 3.05) is 6.54 Å². The first-order valence-electron chi connectivity index (χ1n) is 10.1. The fourth-order valence-corrected chi connectivity index (χ4v) is 4.26. The summed E-state index contributed by atoms with van der Waals surface area (Å²) in [6.07, 6.45) is 1.48. The van der Waals surface area contributed by atoms with Crippen LogP contribution in [0, 0.1) is 13.8 Å². The molecular formula is C24H28N2O4S. The van der Waals surface area contributed by atoms with E-state index in [1.165, 1.54) is 18.4 Å². The Morgan fingerprint density at radius 2 is 1.81 bits per heavy atom. The summed E-state index contributed by atoms with van der Waals surface area (Å²) in [7, 11) is -3.79. The van der Waals surface area contributed by atoms with Gasteiger partial charge in [0.2, 0.25) is 10.0 Å². The molecule has 1 amide bonds. The van der Waals surface area contributed by atoms with Crippen LogP contribution in [0.4, 0.5) is 0 Å². The maximum atomic E-state index is 12.9. The molecule has 0 radical (unpaired) electrons. The Morgan fingerprint density at radius 1 is 1.03 bits per heavy atom. The van der Waals surface area contributed by atoms with Crippen LogP contribution >= 0.6 is 0 Å². The molecule has 2 N–H and O–H groups in total. The van der Waals surface area contributed by atoms with Crippen molar-refractivity contribution in [1.29, 1.82) is 0 Å². The van der Waals surface area contributed by atoms with Gasteiger partial charge in [-0.15, -0.1) is 0 Å². The second-order valence-electron chi connectivity index (χ2n) is 8.32. The number of rotatable bonds is 8. The molecule has 1 heterocycles. The van der Waals surface area contributed by atoms with Crippen molar-refractivity contribution in [2.45, 2.75) is 44.6 Å². The van der Waals surface area contributed by atoms with Gasteiger partial charge < -0.3 is 9.73 Å². The van der Waals surface area contributed by atoms with Gasteiger partial charge in [0, 0.05) is 17.5 Å². The van der Waals surface area contributed by atoms with Gasteiger partial charge >= 0.3 is 0 Å². The number of carbonyl (C=O) groups excluding carboxylic acids is 1. The average molecular weight is 441 g/mol. The van der Waals surface area contributed by atoms with E-state index < -0.39 is 10.0 Å². The average Bonchev–Trinajstić information content (AvgIpc) is 3.25. The Balaban J connectivity index is 1.74. The number of aryl methyl sites for hydroxylation is 2. The van der Waals surface area contributed by atoms with Crippen LogP contribution in [-0.4, -0.2) is 20.9 Å². The van der Waals surface area contributed by atoms with Crippen LogP contribution in [0.3, 0.4) is 0 Å². The van der Waals surface area contributed by atoms with Gasteiger partial charge in [-0.05, 0) is 49.2 Å².